The van der Waals surface area contributed by atoms with Crippen molar-refractivity contribution in [1.82, 2.24) is 20.3 Å². The van der Waals surface area contributed by atoms with Crippen LogP contribution >= 0.6 is 0 Å². The van der Waals surface area contributed by atoms with Crippen LogP contribution in [0.1, 0.15) is 58.6 Å². The van der Waals surface area contributed by atoms with Crippen LogP contribution in [0.25, 0.3) is 0 Å². The van der Waals surface area contributed by atoms with Gasteiger partial charge in [0.25, 0.3) is 5.91 Å². The number of aromatic nitrogens is 3. The number of rotatable bonds is 6. The maximum atomic E-state index is 12.1. The monoisotopic (exact) mass is 356 g/mol. The molecule has 0 bridgehead atoms. The van der Waals surface area contributed by atoms with Gasteiger partial charge < -0.3 is 15.2 Å². The van der Waals surface area contributed by atoms with Crippen molar-refractivity contribution in [3.05, 3.63) is 47.7 Å². The Morgan fingerprint density at radius 1 is 1.12 bits per heavy atom. The van der Waals surface area contributed by atoms with Gasteiger partial charge in [-0.1, -0.05) is 6.42 Å². The van der Waals surface area contributed by atoms with Gasteiger partial charge in [-0.3, -0.25) is 4.79 Å². The number of hydrogen-bond acceptors (Lipinski definition) is 6. The molecule has 0 atom stereocenters. The molecule has 136 valence electrons. The van der Waals surface area contributed by atoms with Crippen LogP contribution in [0.3, 0.4) is 0 Å². The van der Waals surface area contributed by atoms with Crippen molar-refractivity contribution in [1.29, 1.82) is 0 Å². The molecule has 0 saturated heterocycles. The Balaban J connectivity index is 1.56. The van der Waals surface area contributed by atoms with Crippen LogP contribution in [0.4, 0.5) is 0 Å². The lowest BCUT2D eigenvalue weighted by Gasteiger charge is -2.22. The Kier molecular flexibility index (Phi) is 5.73. The first-order valence-electron chi connectivity index (χ1n) is 8.57. The third-order valence-electron chi connectivity index (χ3n) is 4.20. The molecule has 2 N–H and O–H groups in total. The van der Waals surface area contributed by atoms with E-state index < -0.39 is 11.9 Å². The van der Waals surface area contributed by atoms with Gasteiger partial charge in [0.05, 0.1) is 12.4 Å². The lowest BCUT2D eigenvalue weighted by molar-refractivity contribution is 0.0689. The van der Waals surface area contributed by atoms with Crippen LogP contribution in [0.2, 0.25) is 0 Å². The zero-order chi connectivity index (χ0) is 18.4. The van der Waals surface area contributed by atoms with Crippen LogP contribution in [0.15, 0.2) is 30.7 Å². The number of aromatic carboxylic acids is 1. The second-order valence-corrected chi connectivity index (χ2v) is 6.15. The average Bonchev–Trinajstić information content (AvgIpc) is 2.67. The zero-order valence-corrected chi connectivity index (χ0v) is 14.2. The third-order valence-corrected chi connectivity index (χ3v) is 4.20. The van der Waals surface area contributed by atoms with Gasteiger partial charge >= 0.3 is 5.97 Å². The summed E-state index contributed by atoms with van der Waals surface area (Å²) in [4.78, 5) is 34.6. The summed E-state index contributed by atoms with van der Waals surface area (Å²) in [5.74, 6) is -1.05. The molecule has 3 rings (SSSR count). The molecule has 26 heavy (non-hydrogen) atoms. The lowest BCUT2D eigenvalue weighted by Crippen LogP contribution is -2.24. The molecule has 8 nitrogen and oxygen atoms in total. The van der Waals surface area contributed by atoms with Crippen molar-refractivity contribution in [2.45, 2.75) is 44.8 Å². The molecular formula is C18H20N4O4. The van der Waals surface area contributed by atoms with Gasteiger partial charge in [-0.05, 0) is 37.3 Å². The molecule has 1 aliphatic rings. The van der Waals surface area contributed by atoms with Gasteiger partial charge in [-0.25, -0.2) is 19.7 Å². The van der Waals surface area contributed by atoms with Crippen molar-refractivity contribution in [2.24, 2.45) is 0 Å². The Labute approximate surface area is 150 Å². The highest BCUT2D eigenvalue weighted by Crippen LogP contribution is 2.22. The first-order chi connectivity index (χ1) is 12.6. The second-order valence-electron chi connectivity index (χ2n) is 6.15. The lowest BCUT2D eigenvalue weighted by atomic mass is 9.98. The number of ether oxygens (including phenoxy) is 1. The van der Waals surface area contributed by atoms with Crippen LogP contribution in [-0.2, 0) is 6.54 Å². The Morgan fingerprint density at radius 3 is 2.54 bits per heavy atom. The summed E-state index contributed by atoms with van der Waals surface area (Å²) in [5.41, 5.74) is 0.706. The predicted molar refractivity (Wildman–Crippen MR) is 91.9 cm³/mol. The van der Waals surface area contributed by atoms with E-state index in [0.717, 1.165) is 30.8 Å². The summed E-state index contributed by atoms with van der Waals surface area (Å²) >= 11 is 0. The Hall–Kier alpha value is -3.03. The van der Waals surface area contributed by atoms with Crippen molar-refractivity contribution in [3.63, 3.8) is 0 Å². The fourth-order valence-corrected chi connectivity index (χ4v) is 2.81. The molecule has 0 unspecified atom stereocenters. The van der Waals surface area contributed by atoms with Crippen LogP contribution in [0, 0.1) is 0 Å². The van der Waals surface area contributed by atoms with Gasteiger partial charge in [0.15, 0.2) is 5.69 Å². The molecule has 1 amide bonds. The molecule has 0 radical (unpaired) electrons. The van der Waals surface area contributed by atoms with Crippen molar-refractivity contribution < 1.29 is 19.4 Å². The van der Waals surface area contributed by atoms with Crippen molar-refractivity contribution in [3.8, 4) is 5.88 Å². The fourth-order valence-electron chi connectivity index (χ4n) is 2.81. The quantitative estimate of drug-likeness (QED) is 0.815. The number of carboxylic acids is 1. The van der Waals surface area contributed by atoms with E-state index >= 15 is 0 Å². The van der Waals surface area contributed by atoms with Gasteiger partial charge in [0.1, 0.15) is 11.8 Å². The minimum absolute atomic E-state index is 0.0581. The largest absolute Gasteiger partial charge is 0.476 e. The summed E-state index contributed by atoms with van der Waals surface area (Å²) in [6.07, 6.45) is 9.79. The van der Waals surface area contributed by atoms with Crippen LogP contribution in [0.5, 0.6) is 5.88 Å². The molecule has 2 aromatic rings. The van der Waals surface area contributed by atoms with Crippen molar-refractivity contribution in [2.75, 3.05) is 0 Å². The number of carbonyl (C=O) groups excluding carboxylic acids is 1. The standard InChI is InChI=1S/C18H20N4O4/c23-17(14-10-21-15(11-20-14)18(24)25)22-9-12-6-7-19-16(8-12)26-13-4-2-1-3-5-13/h6-8,10-11,13H,1-5,9H2,(H,22,23)(H,24,25). The molecule has 0 aromatic carbocycles. The molecule has 1 fully saturated rings. The number of pyridine rings is 1. The SMILES string of the molecule is O=C(O)c1cnc(C(=O)NCc2ccnc(OC3CCCCC3)c2)cn1. The summed E-state index contributed by atoms with van der Waals surface area (Å²) in [6, 6.07) is 3.61. The van der Waals surface area contributed by atoms with Crippen molar-refractivity contribution >= 4 is 11.9 Å². The number of nitrogens with zero attached hydrogens (tertiary/aromatic N) is 3. The van der Waals surface area contributed by atoms with E-state index in [1.54, 1.807) is 12.3 Å². The first-order valence-corrected chi connectivity index (χ1v) is 8.57. The highest BCUT2D eigenvalue weighted by Gasteiger charge is 2.16. The molecule has 8 heteroatoms. The van der Waals surface area contributed by atoms with E-state index in [2.05, 4.69) is 20.3 Å². The maximum Gasteiger partial charge on any atom is 0.356 e. The topological polar surface area (TPSA) is 114 Å². The van der Waals surface area contributed by atoms with E-state index in [4.69, 9.17) is 9.84 Å². The number of nitrogens with one attached hydrogen (secondary N) is 1. The van der Waals surface area contributed by atoms with Gasteiger partial charge in [-0.15, -0.1) is 0 Å². The van der Waals surface area contributed by atoms with Gasteiger partial charge in [0.2, 0.25) is 5.88 Å². The summed E-state index contributed by atoms with van der Waals surface area (Å²) in [5, 5.41) is 11.5. The van der Waals surface area contributed by atoms with E-state index in [1.807, 2.05) is 6.07 Å². The number of carboxylic acid groups (broad SMARTS) is 1. The number of amides is 1. The molecule has 1 aliphatic carbocycles. The van der Waals surface area contributed by atoms with Crippen LogP contribution in [-0.4, -0.2) is 38.0 Å². The summed E-state index contributed by atoms with van der Waals surface area (Å²) in [6.45, 7) is 0.282. The predicted octanol–water partition coefficient (Wildman–Crippen LogP) is 2.21. The Morgan fingerprint density at radius 2 is 1.85 bits per heavy atom. The fraction of sp³-hybridized carbons (Fsp3) is 0.389. The second kappa shape index (κ2) is 8.37. The number of carbonyl (C=O) groups is 2. The van der Waals surface area contributed by atoms with E-state index in [-0.39, 0.29) is 24.0 Å². The van der Waals surface area contributed by atoms with Gasteiger partial charge in [0, 0.05) is 18.8 Å². The Bertz CT molecular complexity index is 773. The highest BCUT2D eigenvalue weighted by atomic mass is 16.5. The van der Waals surface area contributed by atoms with E-state index in [0.29, 0.717) is 5.88 Å². The molecule has 2 heterocycles. The zero-order valence-electron chi connectivity index (χ0n) is 14.2. The molecule has 1 saturated carbocycles. The summed E-state index contributed by atoms with van der Waals surface area (Å²) in [7, 11) is 0. The molecule has 2 aromatic heterocycles. The van der Waals surface area contributed by atoms with Gasteiger partial charge in [-0.2, -0.15) is 0 Å². The molecular weight excluding hydrogens is 336 g/mol. The summed E-state index contributed by atoms with van der Waals surface area (Å²) < 4.78 is 5.92. The number of hydrogen-bond donors (Lipinski definition) is 2. The normalized spacial score (nSPS) is 14.6. The van der Waals surface area contributed by atoms with E-state index in [1.165, 1.54) is 19.3 Å². The minimum Gasteiger partial charge on any atom is -0.476 e. The highest BCUT2D eigenvalue weighted by molar-refractivity contribution is 5.92. The third kappa shape index (κ3) is 4.75. The average molecular weight is 356 g/mol. The molecule has 0 aliphatic heterocycles. The van der Waals surface area contributed by atoms with E-state index in [9.17, 15) is 9.59 Å². The minimum atomic E-state index is -1.19. The van der Waals surface area contributed by atoms with Crippen LogP contribution < -0.4 is 10.1 Å². The maximum absolute atomic E-state index is 12.1. The molecule has 0 spiro atoms. The smallest absolute Gasteiger partial charge is 0.356 e. The first kappa shape index (κ1) is 17.8.